The van der Waals surface area contributed by atoms with Gasteiger partial charge in [-0.25, -0.2) is 13.6 Å². The molecule has 1 heterocycles. The Morgan fingerprint density at radius 2 is 1.65 bits per heavy atom. The van der Waals surface area contributed by atoms with E-state index in [0.717, 1.165) is 13.0 Å². The zero-order valence-corrected chi connectivity index (χ0v) is 23.7. The van der Waals surface area contributed by atoms with Crippen LogP contribution in [-0.4, -0.2) is 41.4 Å². The summed E-state index contributed by atoms with van der Waals surface area (Å²) < 4.78 is 67.6. The molecule has 0 aliphatic heterocycles. The summed E-state index contributed by atoms with van der Waals surface area (Å²) in [6.45, 7) is 10.1. The van der Waals surface area contributed by atoms with Crippen LogP contribution in [0.5, 0.6) is 0 Å². The highest BCUT2D eigenvalue weighted by molar-refractivity contribution is 7.91. The standard InChI is InChI=1S/C26H33F2N2O5SSi/c1-19-20(2)29-35-25(19)30(17-31,18-34-15-16-37(4,5)6)36(32,33)24-14-10-8-12-22(24)21-11-7-9-13-23(21)26(3,27)28/h7-14,17H,15-16,18H2,1-6H3/q+1. The van der Waals surface area contributed by atoms with Crippen molar-refractivity contribution in [3.63, 3.8) is 0 Å². The average Bonchev–Trinajstić information content (AvgIpc) is 3.16. The number of quaternary nitrogens is 1. The van der Waals surface area contributed by atoms with Gasteiger partial charge in [-0.05, 0) is 31.5 Å². The molecule has 0 aliphatic rings. The van der Waals surface area contributed by atoms with Crippen LogP contribution in [0.25, 0.3) is 11.1 Å². The third-order valence-corrected chi connectivity index (χ3v) is 10.0. The van der Waals surface area contributed by atoms with Crippen molar-refractivity contribution in [3.8, 4) is 11.1 Å². The van der Waals surface area contributed by atoms with Gasteiger partial charge in [0.1, 0.15) is 4.90 Å². The molecule has 37 heavy (non-hydrogen) atoms. The lowest BCUT2D eigenvalue weighted by molar-refractivity contribution is -0.117. The van der Waals surface area contributed by atoms with Gasteiger partial charge in [0.2, 0.25) is 6.73 Å². The quantitative estimate of drug-likeness (QED) is 0.0923. The Morgan fingerprint density at radius 1 is 1.05 bits per heavy atom. The molecule has 3 rings (SSSR count). The van der Waals surface area contributed by atoms with Crippen molar-refractivity contribution in [1.29, 1.82) is 0 Å². The topological polar surface area (TPSA) is 86.5 Å². The molecule has 0 N–H and O–H groups in total. The molecule has 0 radical (unpaired) electrons. The molecule has 0 spiro atoms. The van der Waals surface area contributed by atoms with Gasteiger partial charge in [-0.2, -0.15) is 8.42 Å². The largest absolute Gasteiger partial charge is 0.350 e. The summed E-state index contributed by atoms with van der Waals surface area (Å²) in [6, 6.07) is 12.2. The molecule has 0 saturated carbocycles. The number of alkyl halides is 2. The third kappa shape index (κ3) is 5.74. The van der Waals surface area contributed by atoms with Gasteiger partial charge in [-0.3, -0.25) is 0 Å². The second-order valence-electron chi connectivity index (χ2n) is 10.4. The minimum atomic E-state index is -4.65. The van der Waals surface area contributed by atoms with Crippen LogP contribution in [0.2, 0.25) is 25.7 Å². The molecular weight excluding hydrogens is 518 g/mol. The number of halogens is 2. The molecule has 2 aromatic carbocycles. The predicted octanol–water partition coefficient (Wildman–Crippen LogP) is 6.24. The van der Waals surface area contributed by atoms with Crippen molar-refractivity contribution in [1.82, 2.24) is 9.05 Å². The fourth-order valence-electron chi connectivity index (χ4n) is 3.90. The summed E-state index contributed by atoms with van der Waals surface area (Å²) in [5.41, 5.74) is 0.548. The van der Waals surface area contributed by atoms with Crippen molar-refractivity contribution >= 4 is 30.4 Å². The number of aromatic nitrogens is 1. The van der Waals surface area contributed by atoms with Gasteiger partial charge < -0.3 is 9.26 Å². The second-order valence-corrected chi connectivity index (χ2v) is 18.0. The summed E-state index contributed by atoms with van der Waals surface area (Å²) in [4.78, 5) is 12.5. The second kappa shape index (κ2) is 10.6. The highest BCUT2D eigenvalue weighted by Crippen LogP contribution is 2.41. The molecule has 1 aromatic heterocycles. The van der Waals surface area contributed by atoms with Gasteiger partial charge in [0.25, 0.3) is 5.92 Å². The number of carbonyl (C=O) groups excluding carboxylic acids is 1. The maximum absolute atomic E-state index is 14.5. The number of hydrogen-bond donors (Lipinski definition) is 0. The van der Waals surface area contributed by atoms with E-state index in [2.05, 4.69) is 24.8 Å². The van der Waals surface area contributed by atoms with Gasteiger partial charge >= 0.3 is 22.3 Å². The van der Waals surface area contributed by atoms with Gasteiger partial charge in [0, 0.05) is 26.1 Å². The Hall–Kier alpha value is -2.73. The van der Waals surface area contributed by atoms with Crippen molar-refractivity contribution in [2.24, 2.45) is 0 Å². The number of ether oxygens (including phenoxy) is 1. The number of hydrogen-bond acceptors (Lipinski definition) is 6. The highest BCUT2D eigenvalue weighted by Gasteiger charge is 2.52. The number of nitrogens with zero attached hydrogens (tertiary/aromatic N) is 2. The Kier molecular flexibility index (Phi) is 8.23. The lowest BCUT2D eigenvalue weighted by Crippen LogP contribution is -2.54. The van der Waals surface area contributed by atoms with Crippen molar-refractivity contribution in [3.05, 3.63) is 65.4 Å². The number of rotatable bonds is 11. The van der Waals surface area contributed by atoms with E-state index in [1.807, 2.05) is 0 Å². The molecule has 1 amide bonds. The molecule has 1 atom stereocenters. The number of amides is 1. The average molecular weight is 552 g/mol. The zero-order valence-electron chi connectivity index (χ0n) is 21.9. The smallest absolute Gasteiger partial charge is 0.330 e. The number of aryl methyl sites for hydroxylation is 1. The van der Waals surface area contributed by atoms with Gasteiger partial charge in [0.05, 0.1) is 17.9 Å². The normalized spacial score (nSPS) is 14.4. The monoisotopic (exact) mass is 551 g/mol. The first-order valence-electron chi connectivity index (χ1n) is 11.8. The first kappa shape index (κ1) is 28.8. The summed E-state index contributed by atoms with van der Waals surface area (Å²) in [5.74, 6) is -3.44. The molecule has 0 bridgehead atoms. The first-order chi connectivity index (χ1) is 17.2. The van der Waals surface area contributed by atoms with Crippen LogP contribution in [0.3, 0.4) is 0 Å². The van der Waals surface area contributed by atoms with Crippen molar-refractivity contribution in [2.45, 2.75) is 57.3 Å². The fraction of sp³-hybridized carbons (Fsp3) is 0.385. The molecular formula is C26H33F2N2O5SSi+. The molecule has 200 valence electrons. The van der Waals surface area contributed by atoms with E-state index >= 15 is 0 Å². The molecule has 1 unspecified atom stereocenters. The van der Waals surface area contributed by atoms with E-state index < -0.39 is 34.6 Å². The molecule has 0 fully saturated rings. The van der Waals surface area contributed by atoms with E-state index in [-0.39, 0.29) is 40.5 Å². The summed E-state index contributed by atoms with van der Waals surface area (Å²) in [6.07, 6.45) is 0.244. The Morgan fingerprint density at radius 3 is 2.19 bits per heavy atom. The molecule has 0 aliphatic carbocycles. The third-order valence-electron chi connectivity index (χ3n) is 6.21. The van der Waals surface area contributed by atoms with Gasteiger partial charge in [-0.1, -0.05) is 71.2 Å². The van der Waals surface area contributed by atoms with E-state index in [1.54, 1.807) is 26.0 Å². The molecule has 7 nitrogen and oxygen atoms in total. The van der Waals surface area contributed by atoms with E-state index in [1.165, 1.54) is 36.4 Å². The SMILES string of the molecule is Cc1noc([N+](C=O)(COCC[Si](C)(C)C)S(=O)(=O)c2ccccc2-c2ccccc2C(C)(F)F)c1C. The van der Waals surface area contributed by atoms with Crippen LogP contribution in [0.4, 0.5) is 14.7 Å². The van der Waals surface area contributed by atoms with E-state index in [0.29, 0.717) is 11.3 Å². The molecule has 0 saturated heterocycles. The van der Waals surface area contributed by atoms with E-state index in [9.17, 15) is 22.0 Å². The van der Waals surface area contributed by atoms with Crippen LogP contribution in [0.1, 0.15) is 23.7 Å². The summed E-state index contributed by atoms with van der Waals surface area (Å²) >= 11 is 0. The van der Waals surface area contributed by atoms with Crippen LogP contribution in [0, 0.1) is 13.8 Å². The van der Waals surface area contributed by atoms with Crippen LogP contribution in [0.15, 0.2) is 57.9 Å². The Balaban J connectivity index is 2.25. The lowest BCUT2D eigenvalue weighted by Gasteiger charge is -2.28. The van der Waals surface area contributed by atoms with Gasteiger partial charge in [-0.15, -0.1) is 0 Å². The Bertz CT molecular complexity index is 1380. The zero-order chi connectivity index (χ0) is 27.6. The first-order valence-corrected chi connectivity index (χ1v) is 17.0. The Labute approximate surface area is 217 Å². The summed E-state index contributed by atoms with van der Waals surface area (Å²) in [7, 11) is -6.17. The minimum absolute atomic E-state index is 0.0416. The van der Waals surface area contributed by atoms with Crippen molar-refractivity contribution < 1.29 is 31.3 Å². The number of benzene rings is 2. The maximum Gasteiger partial charge on any atom is 0.350 e. The number of carbonyl (C=O) groups is 1. The molecule has 3 aromatic rings. The predicted molar refractivity (Wildman–Crippen MR) is 141 cm³/mol. The minimum Gasteiger partial charge on any atom is -0.330 e. The van der Waals surface area contributed by atoms with Crippen LogP contribution >= 0.6 is 0 Å². The maximum atomic E-state index is 14.5. The fourth-order valence-corrected chi connectivity index (χ4v) is 6.43. The summed E-state index contributed by atoms with van der Waals surface area (Å²) in [5, 5.41) is 3.87. The van der Waals surface area contributed by atoms with Crippen LogP contribution in [-0.2, 0) is 25.5 Å². The highest BCUT2D eigenvalue weighted by atomic mass is 32.2. The number of sulfonamides is 1. The lowest BCUT2D eigenvalue weighted by atomic mass is 9.96. The molecule has 11 heteroatoms. The van der Waals surface area contributed by atoms with Crippen molar-refractivity contribution in [2.75, 3.05) is 13.3 Å². The van der Waals surface area contributed by atoms with Crippen LogP contribution < -0.4 is 3.89 Å². The van der Waals surface area contributed by atoms with Gasteiger partial charge in [0.15, 0.2) is 0 Å². The van der Waals surface area contributed by atoms with E-state index in [4.69, 9.17) is 9.26 Å².